The Morgan fingerprint density at radius 3 is 2.14 bits per heavy atom. The molecule has 1 saturated carbocycles. The van der Waals surface area contributed by atoms with E-state index in [2.05, 4.69) is 24.3 Å². The number of likely N-dealkylation sites (tertiary alicyclic amines) is 1. The summed E-state index contributed by atoms with van der Waals surface area (Å²) in [6.07, 6.45) is 1.57. The number of benzene rings is 2. The Morgan fingerprint density at radius 2 is 1.64 bits per heavy atom. The molecule has 0 radical (unpaired) electrons. The fourth-order valence-electron chi connectivity index (χ4n) is 5.42. The number of rotatable bonds is 3. The van der Waals surface area contributed by atoms with E-state index in [1.165, 1.54) is 22.3 Å². The number of carbonyl (C=O) groups excluding carboxylic acids is 1. The topological polar surface area (TPSA) is 66.8 Å². The van der Waals surface area contributed by atoms with Gasteiger partial charge in [0, 0.05) is 12.5 Å². The van der Waals surface area contributed by atoms with Crippen molar-refractivity contribution in [1.29, 1.82) is 0 Å². The molecule has 5 nitrogen and oxygen atoms in total. The van der Waals surface area contributed by atoms with Crippen LogP contribution in [0.2, 0.25) is 0 Å². The van der Waals surface area contributed by atoms with Gasteiger partial charge >= 0.3 is 12.1 Å². The van der Waals surface area contributed by atoms with Gasteiger partial charge in [0.05, 0.1) is 11.0 Å². The highest BCUT2D eigenvalue weighted by molar-refractivity contribution is 5.80. The SMILES string of the molecule is CC1(C(=O)O)CC2(CCN2C(=O)OCC2c3ccccc3-c3ccccc32)C1. The lowest BCUT2D eigenvalue weighted by Gasteiger charge is -2.63. The molecule has 28 heavy (non-hydrogen) atoms. The standard InChI is InChI=1S/C23H23NO4/c1-22(20(25)26)13-23(14-22)10-11-24(23)21(27)28-12-19-17-8-4-2-6-15(17)16-7-3-5-9-18(16)19/h2-9,19H,10-14H2,1H3,(H,25,26). The molecule has 1 spiro atoms. The average Bonchev–Trinajstić information content (AvgIpc) is 2.96. The van der Waals surface area contributed by atoms with Crippen molar-refractivity contribution in [3.05, 3.63) is 59.7 Å². The van der Waals surface area contributed by atoms with Crippen LogP contribution in [0.4, 0.5) is 4.79 Å². The Bertz CT molecular complexity index is 931. The Morgan fingerprint density at radius 1 is 1.07 bits per heavy atom. The van der Waals surface area contributed by atoms with Gasteiger partial charge in [0.1, 0.15) is 6.61 Å². The third-order valence-electron chi connectivity index (χ3n) is 6.88. The summed E-state index contributed by atoms with van der Waals surface area (Å²) in [5, 5.41) is 9.37. The normalized spacial score (nSPS) is 27.5. The van der Waals surface area contributed by atoms with Gasteiger partial charge in [-0.1, -0.05) is 48.5 Å². The van der Waals surface area contributed by atoms with E-state index in [4.69, 9.17) is 4.74 Å². The number of hydrogen-bond acceptors (Lipinski definition) is 3. The van der Waals surface area contributed by atoms with Gasteiger partial charge in [-0.15, -0.1) is 0 Å². The summed E-state index contributed by atoms with van der Waals surface area (Å²) in [7, 11) is 0. The smallest absolute Gasteiger partial charge is 0.410 e. The fourth-order valence-corrected chi connectivity index (χ4v) is 5.42. The van der Waals surface area contributed by atoms with Crippen LogP contribution in [0.25, 0.3) is 11.1 Å². The Hall–Kier alpha value is -2.82. The molecule has 0 bridgehead atoms. The van der Waals surface area contributed by atoms with Crippen molar-refractivity contribution in [2.24, 2.45) is 5.41 Å². The molecule has 1 amide bonds. The highest BCUT2D eigenvalue weighted by atomic mass is 16.6. The summed E-state index contributed by atoms with van der Waals surface area (Å²) in [6, 6.07) is 16.5. The minimum absolute atomic E-state index is 0.0410. The van der Waals surface area contributed by atoms with Crippen LogP contribution in [-0.2, 0) is 9.53 Å². The second-order valence-corrected chi connectivity index (χ2v) is 8.65. The number of fused-ring (bicyclic) bond motifs is 3. The second kappa shape index (κ2) is 5.84. The van der Waals surface area contributed by atoms with Gasteiger partial charge in [-0.2, -0.15) is 0 Å². The van der Waals surface area contributed by atoms with Crippen LogP contribution >= 0.6 is 0 Å². The quantitative estimate of drug-likeness (QED) is 0.868. The summed E-state index contributed by atoms with van der Waals surface area (Å²) < 4.78 is 5.74. The molecule has 2 aromatic rings. The van der Waals surface area contributed by atoms with E-state index < -0.39 is 11.4 Å². The maximum Gasteiger partial charge on any atom is 0.410 e. The molecule has 1 aliphatic heterocycles. The predicted molar refractivity (Wildman–Crippen MR) is 104 cm³/mol. The van der Waals surface area contributed by atoms with E-state index >= 15 is 0 Å². The summed E-state index contributed by atoms with van der Waals surface area (Å²) >= 11 is 0. The molecule has 144 valence electrons. The largest absolute Gasteiger partial charge is 0.481 e. The summed E-state index contributed by atoms with van der Waals surface area (Å²) in [5.74, 6) is -0.739. The lowest BCUT2D eigenvalue weighted by atomic mass is 9.53. The van der Waals surface area contributed by atoms with Crippen molar-refractivity contribution in [1.82, 2.24) is 4.90 Å². The van der Waals surface area contributed by atoms with E-state index in [1.807, 2.05) is 24.3 Å². The molecular weight excluding hydrogens is 354 g/mol. The molecule has 2 aliphatic carbocycles. The first-order valence-corrected chi connectivity index (χ1v) is 9.80. The van der Waals surface area contributed by atoms with E-state index in [0.29, 0.717) is 26.0 Å². The molecule has 5 heteroatoms. The van der Waals surface area contributed by atoms with Crippen LogP contribution in [0.5, 0.6) is 0 Å². The van der Waals surface area contributed by atoms with E-state index in [9.17, 15) is 14.7 Å². The Labute approximate surface area is 163 Å². The lowest BCUT2D eigenvalue weighted by molar-refractivity contribution is -0.177. The Kier molecular flexibility index (Phi) is 3.60. The van der Waals surface area contributed by atoms with Crippen LogP contribution in [-0.4, -0.2) is 40.8 Å². The van der Waals surface area contributed by atoms with Crippen molar-refractivity contribution in [3.8, 4) is 11.1 Å². The van der Waals surface area contributed by atoms with E-state index in [-0.39, 0.29) is 17.6 Å². The van der Waals surface area contributed by atoms with Gasteiger partial charge in [0.25, 0.3) is 0 Å². The van der Waals surface area contributed by atoms with Crippen LogP contribution < -0.4 is 0 Å². The van der Waals surface area contributed by atoms with Crippen LogP contribution in [0.15, 0.2) is 48.5 Å². The number of nitrogens with zero attached hydrogens (tertiary/aromatic N) is 1. The molecular formula is C23H23NO4. The molecule has 1 N–H and O–H groups in total. The molecule has 0 aromatic heterocycles. The number of ether oxygens (including phenoxy) is 1. The first-order valence-electron chi connectivity index (χ1n) is 9.80. The second-order valence-electron chi connectivity index (χ2n) is 8.65. The maximum atomic E-state index is 12.8. The zero-order chi connectivity index (χ0) is 19.5. The van der Waals surface area contributed by atoms with Gasteiger partial charge in [0.15, 0.2) is 0 Å². The highest BCUT2D eigenvalue weighted by Gasteiger charge is 2.64. The predicted octanol–water partition coefficient (Wildman–Crippen LogP) is 4.26. The van der Waals surface area contributed by atoms with Crippen molar-refractivity contribution < 1.29 is 19.4 Å². The number of carboxylic acids is 1. The van der Waals surface area contributed by atoms with Gasteiger partial charge in [0.2, 0.25) is 0 Å². The monoisotopic (exact) mass is 377 g/mol. The van der Waals surface area contributed by atoms with Gasteiger partial charge in [-0.25, -0.2) is 4.79 Å². The minimum atomic E-state index is -0.780. The van der Waals surface area contributed by atoms with Crippen molar-refractivity contribution in [2.75, 3.05) is 13.2 Å². The number of carbonyl (C=O) groups is 2. The summed E-state index contributed by atoms with van der Waals surface area (Å²) in [6.45, 7) is 2.71. The zero-order valence-electron chi connectivity index (χ0n) is 15.9. The van der Waals surface area contributed by atoms with Crippen molar-refractivity contribution in [2.45, 2.75) is 37.6 Å². The molecule has 0 atom stereocenters. The molecule has 1 saturated heterocycles. The van der Waals surface area contributed by atoms with Crippen LogP contribution in [0.3, 0.4) is 0 Å². The molecule has 0 unspecified atom stereocenters. The average molecular weight is 377 g/mol. The molecule has 2 aromatic carbocycles. The molecule has 5 rings (SSSR count). The maximum absolute atomic E-state index is 12.8. The summed E-state index contributed by atoms with van der Waals surface area (Å²) in [5.41, 5.74) is 3.76. The summed E-state index contributed by atoms with van der Waals surface area (Å²) in [4.78, 5) is 25.9. The van der Waals surface area contributed by atoms with E-state index in [0.717, 1.165) is 6.42 Å². The van der Waals surface area contributed by atoms with E-state index in [1.54, 1.807) is 11.8 Å². The van der Waals surface area contributed by atoms with Crippen LogP contribution in [0, 0.1) is 5.41 Å². The number of carboxylic acid groups (broad SMARTS) is 1. The lowest BCUT2D eigenvalue weighted by Crippen LogP contribution is -2.72. The van der Waals surface area contributed by atoms with Gasteiger partial charge < -0.3 is 14.7 Å². The fraction of sp³-hybridized carbons (Fsp3) is 0.391. The first kappa shape index (κ1) is 17.3. The third kappa shape index (κ3) is 2.32. The molecule has 3 aliphatic rings. The molecule has 2 fully saturated rings. The van der Waals surface area contributed by atoms with Crippen molar-refractivity contribution in [3.63, 3.8) is 0 Å². The number of hydrogen-bond donors (Lipinski definition) is 1. The first-order chi connectivity index (χ1) is 13.4. The van der Waals surface area contributed by atoms with Crippen molar-refractivity contribution >= 4 is 12.1 Å². The minimum Gasteiger partial charge on any atom is -0.481 e. The van der Waals surface area contributed by atoms with Gasteiger partial charge in [-0.3, -0.25) is 4.79 Å². The number of amides is 1. The van der Waals surface area contributed by atoms with Crippen LogP contribution in [0.1, 0.15) is 43.2 Å². The zero-order valence-corrected chi connectivity index (χ0v) is 15.9. The highest BCUT2D eigenvalue weighted by Crippen LogP contribution is 2.57. The molecule has 1 heterocycles. The van der Waals surface area contributed by atoms with Gasteiger partial charge in [-0.05, 0) is 48.4 Å². The third-order valence-corrected chi connectivity index (χ3v) is 6.88. The Balaban J connectivity index is 1.30. The number of aliphatic carboxylic acids is 1.